The molecule has 0 aliphatic heterocycles. The van der Waals surface area contributed by atoms with Crippen molar-refractivity contribution in [2.75, 3.05) is 11.9 Å². The molecule has 0 saturated heterocycles. The molecule has 0 heterocycles. The second kappa shape index (κ2) is 5.71. The number of nitrogens with one attached hydrogen (secondary N) is 1. The highest BCUT2D eigenvalue weighted by Gasteiger charge is 2.03. The molecule has 1 atom stereocenters. The van der Waals surface area contributed by atoms with E-state index in [1.54, 1.807) is 13.0 Å². The van der Waals surface area contributed by atoms with Gasteiger partial charge >= 0.3 is 0 Å². The minimum atomic E-state index is -0.186. The molecule has 84 valence electrons. The fourth-order valence-corrected chi connectivity index (χ4v) is 1.44. The van der Waals surface area contributed by atoms with E-state index in [1.807, 2.05) is 13.0 Å². The first-order valence-electron chi connectivity index (χ1n) is 5.27. The van der Waals surface area contributed by atoms with E-state index in [0.29, 0.717) is 5.56 Å². The molecule has 0 fully saturated rings. The fraction of sp³-hybridized carbons (Fsp3) is 0.500. The summed E-state index contributed by atoms with van der Waals surface area (Å²) in [6.45, 7) is 3.97. The maximum Gasteiger partial charge on any atom is 0.128 e. The van der Waals surface area contributed by atoms with Crippen LogP contribution in [0.2, 0.25) is 0 Å². The Kier molecular flexibility index (Phi) is 4.56. The fourth-order valence-electron chi connectivity index (χ4n) is 1.44. The second-order valence-electron chi connectivity index (χ2n) is 3.88. The summed E-state index contributed by atoms with van der Waals surface area (Å²) in [6.07, 6.45) is 1.65. The molecule has 0 saturated carbocycles. The van der Waals surface area contributed by atoms with Crippen molar-refractivity contribution in [1.82, 2.24) is 0 Å². The van der Waals surface area contributed by atoms with Crippen LogP contribution < -0.4 is 5.32 Å². The molecule has 3 heteroatoms. The molecule has 2 nitrogen and oxygen atoms in total. The number of hydrogen-bond donors (Lipinski definition) is 2. The van der Waals surface area contributed by atoms with Crippen molar-refractivity contribution in [3.8, 4) is 0 Å². The Morgan fingerprint density at radius 2 is 2.20 bits per heavy atom. The number of hydrogen-bond acceptors (Lipinski definition) is 2. The highest BCUT2D eigenvalue weighted by molar-refractivity contribution is 5.45. The minimum Gasteiger partial charge on any atom is -0.396 e. The predicted molar refractivity (Wildman–Crippen MR) is 60.5 cm³/mol. The van der Waals surface area contributed by atoms with Gasteiger partial charge in [0.2, 0.25) is 0 Å². The Labute approximate surface area is 90.1 Å². The van der Waals surface area contributed by atoms with Crippen molar-refractivity contribution in [2.24, 2.45) is 0 Å². The van der Waals surface area contributed by atoms with Gasteiger partial charge in [0, 0.05) is 18.3 Å². The van der Waals surface area contributed by atoms with Gasteiger partial charge in [0.1, 0.15) is 5.82 Å². The second-order valence-corrected chi connectivity index (χ2v) is 3.88. The highest BCUT2D eigenvalue weighted by Crippen LogP contribution is 2.15. The number of rotatable bonds is 5. The van der Waals surface area contributed by atoms with Crippen molar-refractivity contribution in [1.29, 1.82) is 0 Å². The van der Waals surface area contributed by atoms with Gasteiger partial charge in [-0.25, -0.2) is 4.39 Å². The van der Waals surface area contributed by atoms with Gasteiger partial charge in [-0.2, -0.15) is 0 Å². The number of aliphatic hydroxyl groups excluding tert-OH is 1. The third kappa shape index (κ3) is 3.88. The first-order chi connectivity index (χ1) is 7.13. The van der Waals surface area contributed by atoms with Crippen molar-refractivity contribution in [3.63, 3.8) is 0 Å². The lowest BCUT2D eigenvalue weighted by Gasteiger charge is -2.14. The van der Waals surface area contributed by atoms with Crippen molar-refractivity contribution < 1.29 is 9.50 Å². The lowest BCUT2D eigenvalue weighted by molar-refractivity contribution is 0.282. The summed E-state index contributed by atoms with van der Waals surface area (Å²) in [6, 6.07) is 5.38. The van der Waals surface area contributed by atoms with Crippen molar-refractivity contribution in [2.45, 2.75) is 32.7 Å². The molecule has 0 bridgehead atoms. The standard InChI is InChI=1S/C12H18FNO/c1-9-5-6-11(8-12(9)13)14-10(2)4-3-7-15/h5-6,8,10,14-15H,3-4,7H2,1-2H3. The third-order valence-electron chi connectivity index (χ3n) is 2.38. The molecule has 0 aliphatic rings. The summed E-state index contributed by atoms with van der Waals surface area (Å²) in [5.41, 5.74) is 1.45. The molecule has 0 aliphatic carbocycles. The predicted octanol–water partition coefficient (Wildman–Crippen LogP) is 2.71. The quantitative estimate of drug-likeness (QED) is 0.784. The van der Waals surface area contributed by atoms with Crippen LogP contribution >= 0.6 is 0 Å². The smallest absolute Gasteiger partial charge is 0.128 e. The molecule has 1 aromatic rings. The Balaban J connectivity index is 2.53. The van der Waals surface area contributed by atoms with E-state index >= 15 is 0 Å². The van der Waals surface area contributed by atoms with Crippen LogP contribution in [0.15, 0.2) is 18.2 Å². The molecule has 0 amide bonds. The van der Waals surface area contributed by atoms with Crippen LogP contribution in [-0.2, 0) is 0 Å². The molecule has 15 heavy (non-hydrogen) atoms. The number of aliphatic hydroxyl groups is 1. The normalized spacial score (nSPS) is 12.5. The van der Waals surface area contributed by atoms with Crippen LogP contribution in [0.3, 0.4) is 0 Å². The SMILES string of the molecule is Cc1ccc(NC(C)CCCO)cc1F. The van der Waals surface area contributed by atoms with Gasteiger partial charge in [0.25, 0.3) is 0 Å². The van der Waals surface area contributed by atoms with Crippen LogP contribution in [-0.4, -0.2) is 17.8 Å². The topological polar surface area (TPSA) is 32.3 Å². The van der Waals surface area contributed by atoms with E-state index in [1.165, 1.54) is 6.07 Å². The van der Waals surface area contributed by atoms with E-state index in [-0.39, 0.29) is 18.5 Å². The van der Waals surface area contributed by atoms with E-state index in [0.717, 1.165) is 18.5 Å². The first kappa shape index (κ1) is 12.0. The first-order valence-corrected chi connectivity index (χ1v) is 5.27. The average molecular weight is 211 g/mol. The lowest BCUT2D eigenvalue weighted by atomic mass is 10.1. The average Bonchev–Trinajstić information content (AvgIpc) is 2.20. The number of benzene rings is 1. The molecular weight excluding hydrogens is 193 g/mol. The lowest BCUT2D eigenvalue weighted by Crippen LogP contribution is -2.15. The zero-order valence-corrected chi connectivity index (χ0v) is 9.26. The van der Waals surface area contributed by atoms with E-state index in [2.05, 4.69) is 5.32 Å². The molecule has 1 unspecified atom stereocenters. The summed E-state index contributed by atoms with van der Waals surface area (Å²) in [4.78, 5) is 0. The summed E-state index contributed by atoms with van der Waals surface area (Å²) >= 11 is 0. The molecule has 2 N–H and O–H groups in total. The van der Waals surface area contributed by atoms with Crippen LogP contribution in [0.25, 0.3) is 0 Å². The van der Waals surface area contributed by atoms with Gasteiger partial charge in [0.15, 0.2) is 0 Å². The van der Waals surface area contributed by atoms with Crippen LogP contribution in [0.1, 0.15) is 25.3 Å². The molecule has 0 aromatic heterocycles. The summed E-state index contributed by atoms with van der Waals surface area (Å²) in [5.74, 6) is -0.186. The maximum atomic E-state index is 13.2. The van der Waals surface area contributed by atoms with Crippen molar-refractivity contribution >= 4 is 5.69 Å². The van der Waals surface area contributed by atoms with Gasteiger partial charge in [-0.05, 0) is 44.4 Å². The molecule has 1 aromatic carbocycles. The number of halogens is 1. The monoisotopic (exact) mass is 211 g/mol. The third-order valence-corrected chi connectivity index (χ3v) is 2.38. The van der Waals surface area contributed by atoms with Gasteiger partial charge in [-0.15, -0.1) is 0 Å². The summed E-state index contributed by atoms with van der Waals surface area (Å²) in [7, 11) is 0. The molecule has 0 spiro atoms. The Morgan fingerprint density at radius 1 is 1.47 bits per heavy atom. The van der Waals surface area contributed by atoms with Crippen molar-refractivity contribution in [3.05, 3.63) is 29.6 Å². The molecule has 1 rings (SSSR count). The van der Waals surface area contributed by atoms with Crippen LogP contribution in [0, 0.1) is 12.7 Å². The zero-order chi connectivity index (χ0) is 11.3. The van der Waals surface area contributed by atoms with Gasteiger partial charge in [-0.1, -0.05) is 6.07 Å². The van der Waals surface area contributed by atoms with Crippen LogP contribution in [0.4, 0.5) is 10.1 Å². The maximum absolute atomic E-state index is 13.2. The summed E-state index contributed by atoms with van der Waals surface area (Å²) in [5, 5.41) is 11.9. The largest absolute Gasteiger partial charge is 0.396 e. The number of anilines is 1. The van der Waals surface area contributed by atoms with E-state index in [9.17, 15) is 4.39 Å². The molecule has 0 radical (unpaired) electrons. The van der Waals surface area contributed by atoms with E-state index in [4.69, 9.17) is 5.11 Å². The van der Waals surface area contributed by atoms with Gasteiger partial charge < -0.3 is 10.4 Å². The molecular formula is C12H18FNO. The highest BCUT2D eigenvalue weighted by atomic mass is 19.1. The summed E-state index contributed by atoms with van der Waals surface area (Å²) < 4.78 is 13.2. The van der Waals surface area contributed by atoms with E-state index < -0.39 is 0 Å². The zero-order valence-electron chi connectivity index (χ0n) is 9.26. The van der Waals surface area contributed by atoms with Gasteiger partial charge in [0.05, 0.1) is 0 Å². The minimum absolute atomic E-state index is 0.186. The Bertz CT molecular complexity index is 314. The Hall–Kier alpha value is -1.09. The van der Waals surface area contributed by atoms with Crippen LogP contribution in [0.5, 0.6) is 0 Å². The number of aryl methyl sites for hydroxylation is 1. The Morgan fingerprint density at radius 3 is 2.80 bits per heavy atom. The van der Waals surface area contributed by atoms with Gasteiger partial charge in [-0.3, -0.25) is 0 Å².